The van der Waals surface area contributed by atoms with Crippen LogP contribution >= 0.6 is 11.3 Å². The van der Waals surface area contributed by atoms with E-state index in [0.29, 0.717) is 19.1 Å². The SMILES string of the molecule is Cc1ncsc1CN(Cc1ccccc1)C(=O)NC1CCN(C(C)C)CC1. The molecular formula is C21H30N4OS. The lowest BCUT2D eigenvalue weighted by Gasteiger charge is -2.35. The summed E-state index contributed by atoms with van der Waals surface area (Å²) < 4.78 is 0. The van der Waals surface area contributed by atoms with Crippen LogP contribution in [0.1, 0.15) is 42.8 Å². The third kappa shape index (κ3) is 5.53. The van der Waals surface area contributed by atoms with Gasteiger partial charge in [0, 0.05) is 36.6 Å². The minimum absolute atomic E-state index is 0.0228. The molecule has 0 unspecified atom stereocenters. The van der Waals surface area contributed by atoms with Gasteiger partial charge in [0.15, 0.2) is 0 Å². The summed E-state index contributed by atoms with van der Waals surface area (Å²) in [5, 5.41) is 3.28. The molecule has 3 rings (SSSR count). The molecule has 1 aromatic heterocycles. The number of carbonyl (C=O) groups is 1. The zero-order valence-corrected chi connectivity index (χ0v) is 17.3. The first-order valence-electron chi connectivity index (χ1n) is 9.75. The number of aryl methyl sites for hydroxylation is 1. The Bertz CT molecular complexity index is 723. The second-order valence-electron chi connectivity index (χ2n) is 7.56. The van der Waals surface area contributed by atoms with Crippen molar-refractivity contribution >= 4 is 17.4 Å². The molecule has 2 aromatic rings. The van der Waals surface area contributed by atoms with E-state index in [1.54, 1.807) is 11.3 Å². The molecule has 0 aliphatic carbocycles. The van der Waals surface area contributed by atoms with Crippen molar-refractivity contribution in [1.82, 2.24) is 20.1 Å². The summed E-state index contributed by atoms with van der Waals surface area (Å²) >= 11 is 1.62. The predicted molar refractivity (Wildman–Crippen MR) is 111 cm³/mol. The second-order valence-corrected chi connectivity index (χ2v) is 8.50. The third-order valence-corrected chi connectivity index (χ3v) is 6.19. The lowest BCUT2D eigenvalue weighted by atomic mass is 10.0. The van der Waals surface area contributed by atoms with Crippen molar-refractivity contribution in [2.75, 3.05) is 13.1 Å². The van der Waals surface area contributed by atoms with E-state index in [4.69, 9.17) is 0 Å². The average molecular weight is 387 g/mol. The molecule has 0 bridgehead atoms. The number of hydrogen-bond acceptors (Lipinski definition) is 4. The standard InChI is InChI=1S/C21H30N4OS/c1-16(2)24-11-9-19(10-12-24)23-21(26)25(13-18-7-5-4-6-8-18)14-20-17(3)22-15-27-20/h4-8,15-16,19H,9-14H2,1-3H3,(H,23,26). The molecule has 5 nitrogen and oxygen atoms in total. The summed E-state index contributed by atoms with van der Waals surface area (Å²) in [6, 6.07) is 11.0. The molecule has 1 N–H and O–H groups in total. The van der Waals surface area contributed by atoms with E-state index in [1.807, 2.05) is 35.5 Å². The Morgan fingerprint density at radius 3 is 2.56 bits per heavy atom. The van der Waals surface area contributed by atoms with Crippen molar-refractivity contribution in [3.05, 3.63) is 52.0 Å². The van der Waals surface area contributed by atoms with Gasteiger partial charge in [0.1, 0.15) is 0 Å². The van der Waals surface area contributed by atoms with Gasteiger partial charge in [-0.2, -0.15) is 0 Å². The highest BCUT2D eigenvalue weighted by Crippen LogP contribution is 2.18. The summed E-state index contributed by atoms with van der Waals surface area (Å²) in [5.41, 5.74) is 4.01. The van der Waals surface area contributed by atoms with Crippen molar-refractivity contribution in [3.63, 3.8) is 0 Å². The van der Waals surface area contributed by atoms with Crippen LogP contribution in [0.15, 0.2) is 35.8 Å². The highest BCUT2D eigenvalue weighted by atomic mass is 32.1. The zero-order valence-electron chi connectivity index (χ0n) is 16.5. The Hall–Kier alpha value is -1.92. The molecule has 6 heteroatoms. The van der Waals surface area contributed by atoms with Crippen LogP contribution in [0.5, 0.6) is 0 Å². The number of nitrogens with one attached hydrogen (secondary N) is 1. The molecule has 1 aliphatic rings. The Morgan fingerprint density at radius 2 is 1.96 bits per heavy atom. The Kier molecular flexibility index (Phi) is 6.85. The fourth-order valence-corrected chi connectivity index (χ4v) is 4.27. The van der Waals surface area contributed by atoms with Gasteiger partial charge in [-0.1, -0.05) is 30.3 Å². The second kappa shape index (κ2) is 9.33. The van der Waals surface area contributed by atoms with Gasteiger partial charge in [0.05, 0.1) is 17.7 Å². The van der Waals surface area contributed by atoms with Gasteiger partial charge in [-0.25, -0.2) is 9.78 Å². The topological polar surface area (TPSA) is 48.5 Å². The van der Waals surface area contributed by atoms with Gasteiger partial charge in [-0.3, -0.25) is 0 Å². The molecule has 27 heavy (non-hydrogen) atoms. The normalized spacial score (nSPS) is 15.9. The molecule has 1 aliphatic heterocycles. The van der Waals surface area contributed by atoms with Crippen LogP contribution in [0.2, 0.25) is 0 Å². The summed E-state index contributed by atoms with van der Waals surface area (Å²) in [6.07, 6.45) is 2.03. The highest BCUT2D eigenvalue weighted by Gasteiger charge is 2.24. The highest BCUT2D eigenvalue weighted by molar-refractivity contribution is 7.09. The number of amides is 2. The number of carbonyl (C=O) groups excluding carboxylic acids is 1. The molecule has 0 saturated carbocycles. The molecule has 146 valence electrons. The van der Waals surface area contributed by atoms with Crippen LogP contribution in [0, 0.1) is 6.92 Å². The molecule has 0 radical (unpaired) electrons. The molecule has 1 aromatic carbocycles. The van der Waals surface area contributed by atoms with E-state index in [9.17, 15) is 4.79 Å². The van der Waals surface area contributed by atoms with Gasteiger partial charge in [0.2, 0.25) is 0 Å². The largest absolute Gasteiger partial charge is 0.335 e. The van der Waals surface area contributed by atoms with Gasteiger partial charge in [0.25, 0.3) is 0 Å². The lowest BCUT2D eigenvalue weighted by Crippen LogP contribution is -2.50. The maximum atomic E-state index is 13.1. The smallest absolute Gasteiger partial charge is 0.318 e. The first-order valence-corrected chi connectivity index (χ1v) is 10.6. The average Bonchev–Trinajstić information content (AvgIpc) is 3.07. The van der Waals surface area contributed by atoms with E-state index in [2.05, 4.69) is 41.2 Å². The number of urea groups is 1. The quantitative estimate of drug-likeness (QED) is 0.815. The number of rotatable bonds is 6. The fraction of sp³-hybridized carbons (Fsp3) is 0.524. The Morgan fingerprint density at radius 1 is 1.26 bits per heavy atom. The first kappa shape index (κ1) is 19.8. The van der Waals surface area contributed by atoms with Crippen LogP contribution in [0.3, 0.4) is 0 Å². The Labute approximate surface area is 166 Å². The number of likely N-dealkylation sites (tertiary alicyclic amines) is 1. The molecular weight excluding hydrogens is 356 g/mol. The summed E-state index contributed by atoms with van der Waals surface area (Å²) in [7, 11) is 0. The van der Waals surface area contributed by atoms with Gasteiger partial charge in [-0.15, -0.1) is 11.3 Å². The van der Waals surface area contributed by atoms with Crippen LogP contribution in [-0.4, -0.2) is 46.0 Å². The van der Waals surface area contributed by atoms with Gasteiger partial charge >= 0.3 is 6.03 Å². The van der Waals surface area contributed by atoms with Crippen LogP contribution in [-0.2, 0) is 13.1 Å². The lowest BCUT2D eigenvalue weighted by molar-refractivity contribution is 0.150. The van der Waals surface area contributed by atoms with Crippen molar-refractivity contribution in [3.8, 4) is 0 Å². The summed E-state index contributed by atoms with van der Waals surface area (Å²) in [4.78, 5) is 22.9. The van der Waals surface area contributed by atoms with Gasteiger partial charge in [-0.05, 0) is 39.2 Å². The van der Waals surface area contributed by atoms with Crippen LogP contribution in [0.25, 0.3) is 0 Å². The molecule has 0 atom stereocenters. The van der Waals surface area contributed by atoms with Crippen molar-refractivity contribution < 1.29 is 4.79 Å². The minimum Gasteiger partial charge on any atom is -0.335 e. The number of piperidine rings is 1. The molecule has 2 heterocycles. The van der Waals surface area contributed by atoms with E-state index in [0.717, 1.165) is 42.1 Å². The van der Waals surface area contributed by atoms with Crippen molar-refractivity contribution in [2.24, 2.45) is 0 Å². The number of hydrogen-bond donors (Lipinski definition) is 1. The van der Waals surface area contributed by atoms with Gasteiger partial charge < -0.3 is 15.1 Å². The molecule has 1 saturated heterocycles. The maximum Gasteiger partial charge on any atom is 0.318 e. The third-order valence-electron chi connectivity index (χ3n) is 5.27. The Balaban J connectivity index is 1.64. The molecule has 2 amide bonds. The number of nitrogens with zero attached hydrogens (tertiary/aromatic N) is 3. The maximum absolute atomic E-state index is 13.1. The number of benzene rings is 1. The van der Waals surface area contributed by atoms with E-state index in [1.165, 1.54) is 0 Å². The summed E-state index contributed by atoms with van der Waals surface area (Å²) in [6.45, 7) is 9.78. The molecule has 1 fully saturated rings. The van der Waals surface area contributed by atoms with E-state index >= 15 is 0 Å². The minimum atomic E-state index is 0.0228. The van der Waals surface area contributed by atoms with Crippen LogP contribution in [0.4, 0.5) is 4.79 Å². The first-order chi connectivity index (χ1) is 13.0. The van der Waals surface area contributed by atoms with Crippen molar-refractivity contribution in [2.45, 2.75) is 58.8 Å². The molecule has 0 spiro atoms. The summed E-state index contributed by atoms with van der Waals surface area (Å²) in [5.74, 6) is 0. The monoisotopic (exact) mass is 386 g/mol. The fourth-order valence-electron chi connectivity index (χ4n) is 3.48. The van der Waals surface area contributed by atoms with E-state index < -0.39 is 0 Å². The predicted octanol–water partition coefficient (Wildman–Crippen LogP) is 4.04. The number of aromatic nitrogens is 1. The van der Waals surface area contributed by atoms with Crippen molar-refractivity contribution in [1.29, 1.82) is 0 Å². The zero-order chi connectivity index (χ0) is 19.2. The van der Waals surface area contributed by atoms with E-state index in [-0.39, 0.29) is 12.1 Å². The number of thiazole rings is 1. The van der Waals surface area contributed by atoms with Crippen LogP contribution < -0.4 is 5.32 Å².